The summed E-state index contributed by atoms with van der Waals surface area (Å²) in [5.74, 6) is 0.617. The number of rotatable bonds is 11. The first-order valence-corrected chi connectivity index (χ1v) is 6.53. The number of nitrogens with one attached hydrogen (secondary N) is 1. The summed E-state index contributed by atoms with van der Waals surface area (Å²) in [7, 11) is 0. The van der Waals surface area contributed by atoms with E-state index in [0.29, 0.717) is 44.5 Å². The maximum atomic E-state index is 10.1. The molecule has 0 saturated heterocycles. The lowest BCUT2D eigenvalue weighted by atomic mass is 10.3. The van der Waals surface area contributed by atoms with Gasteiger partial charge in [-0.15, -0.1) is 0 Å². The van der Waals surface area contributed by atoms with Crippen LogP contribution in [-0.2, 0) is 16.1 Å². The van der Waals surface area contributed by atoms with Crippen LogP contribution in [0.2, 0.25) is 0 Å². The van der Waals surface area contributed by atoms with Gasteiger partial charge in [-0.1, -0.05) is 0 Å². The second-order valence-corrected chi connectivity index (χ2v) is 3.95. The molecule has 3 N–H and O–H groups in total. The van der Waals surface area contributed by atoms with E-state index in [1.807, 2.05) is 0 Å². The Morgan fingerprint density at radius 1 is 1.14 bits per heavy atom. The minimum absolute atomic E-state index is 0.0919. The van der Waals surface area contributed by atoms with Crippen molar-refractivity contribution in [3.05, 3.63) is 24.0 Å². The number of amides is 1. The van der Waals surface area contributed by atoms with Gasteiger partial charge >= 0.3 is 6.09 Å². The molecule has 0 aliphatic carbocycles. The molecule has 0 atom stereocenters. The van der Waals surface area contributed by atoms with Crippen LogP contribution in [0.4, 0.5) is 4.79 Å². The normalized spacial score (nSPS) is 10.3. The highest BCUT2D eigenvalue weighted by atomic mass is 16.5. The van der Waals surface area contributed by atoms with E-state index < -0.39 is 6.09 Å². The van der Waals surface area contributed by atoms with Crippen molar-refractivity contribution in [2.45, 2.75) is 6.61 Å². The third-order valence-electron chi connectivity index (χ3n) is 2.35. The lowest BCUT2D eigenvalue weighted by Crippen LogP contribution is -2.25. The molecule has 1 aromatic heterocycles. The van der Waals surface area contributed by atoms with Crippen LogP contribution in [0.25, 0.3) is 0 Å². The number of carbonyl (C=O) groups is 1. The van der Waals surface area contributed by atoms with Crippen molar-refractivity contribution in [3.63, 3.8) is 0 Å². The summed E-state index contributed by atoms with van der Waals surface area (Å²) in [4.78, 5) is 14.1. The molecule has 0 unspecified atom stereocenters. The van der Waals surface area contributed by atoms with Crippen LogP contribution in [0.1, 0.15) is 5.69 Å². The number of carboxylic acid groups (broad SMARTS) is 1. The average molecular weight is 300 g/mol. The van der Waals surface area contributed by atoms with Gasteiger partial charge in [0.05, 0.1) is 44.9 Å². The number of nitrogens with zero attached hydrogens (tertiary/aromatic N) is 1. The van der Waals surface area contributed by atoms with Gasteiger partial charge in [0, 0.05) is 6.54 Å². The fourth-order valence-corrected chi connectivity index (χ4v) is 1.36. The number of hydrogen-bond acceptors (Lipinski definition) is 6. The molecule has 118 valence electrons. The molecule has 1 heterocycles. The first-order chi connectivity index (χ1) is 10.2. The first-order valence-electron chi connectivity index (χ1n) is 6.53. The van der Waals surface area contributed by atoms with Gasteiger partial charge in [-0.3, -0.25) is 4.98 Å². The zero-order chi connectivity index (χ0) is 15.3. The Balaban J connectivity index is 1.91. The second kappa shape index (κ2) is 10.8. The molecular formula is C13H20N2O6. The Morgan fingerprint density at radius 2 is 1.86 bits per heavy atom. The number of aliphatic hydroxyl groups excluding tert-OH is 1. The quantitative estimate of drug-likeness (QED) is 0.502. The van der Waals surface area contributed by atoms with Crippen LogP contribution in [0.15, 0.2) is 18.3 Å². The van der Waals surface area contributed by atoms with Crippen LogP contribution in [0, 0.1) is 0 Å². The molecule has 1 amide bonds. The van der Waals surface area contributed by atoms with E-state index in [1.54, 1.807) is 18.3 Å². The Bertz CT molecular complexity index is 398. The maximum Gasteiger partial charge on any atom is 0.404 e. The van der Waals surface area contributed by atoms with E-state index in [2.05, 4.69) is 10.3 Å². The topological polar surface area (TPSA) is 110 Å². The Labute approximate surface area is 122 Å². The van der Waals surface area contributed by atoms with Crippen molar-refractivity contribution < 1.29 is 29.2 Å². The predicted octanol–water partition coefficient (Wildman–Crippen LogP) is 0.253. The third-order valence-corrected chi connectivity index (χ3v) is 2.35. The molecule has 0 saturated carbocycles. The monoisotopic (exact) mass is 300 g/mol. The standard InChI is InChI=1S/C13H20N2O6/c16-10-11-1-2-12(9-15-11)21-8-7-20-6-5-19-4-3-14-13(17)18/h1-2,9,14,16H,3-8,10H2,(H,17,18). The molecule has 1 aromatic rings. The van der Waals surface area contributed by atoms with Crippen LogP contribution < -0.4 is 10.1 Å². The highest BCUT2D eigenvalue weighted by molar-refractivity contribution is 5.64. The molecule has 0 bridgehead atoms. The van der Waals surface area contributed by atoms with Crippen LogP contribution in [0.3, 0.4) is 0 Å². The minimum Gasteiger partial charge on any atom is -0.490 e. The Kier molecular flexibility index (Phi) is 8.85. The first kappa shape index (κ1) is 17.2. The van der Waals surface area contributed by atoms with Gasteiger partial charge in [0.1, 0.15) is 12.4 Å². The lowest BCUT2D eigenvalue weighted by molar-refractivity contribution is 0.0373. The fraction of sp³-hybridized carbons (Fsp3) is 0.538. The summed E-state index contributed by atoms with van der Waals surface area (Å²) >= 11 is 0. The highest BCUT2D eigenvalue weighted by Gasteiger charge is 1.97. The summed E-state index contributed by atoms with van der Waals surface area (Å²) in [6.07, 6.45) is 0.484. The molecule has 0 aliphatic heterocycles. The fourth-order valence-electron chi connectivity index (χ4n) is 1.36. The van der Waals surface area contributed by atoms with Crippen molar-refractivity contribution >= 4 is 6.09 Å². The highest BCUT2D eigenvalue weighted by Crippen LogP contribution is 2.08. The molecule has 8 nitrogen and oxygen atoms in total. The van der Waals surface area contributed by atoms with Crippen LogP contribution in [-0.4, -0.2) is 60.9 Å². The van der Waals surface area contributed by atoms with Gasteiger partial charge in [-0.25, -0.2) is 4.79 Å². The summed E-state index contributed by atoms with van der Waals surface area (Å²) < 4.78 is 15.8. The number of ether oxygens (including phenoxy) is 3. The summed E-state index contributed by atoms with van der Waals surface area (Å²) in [5.41, 5.74) is 0.591. The smallest absolute Gasteiger partial charge is 0.404 e. The number of hydrogen-bond donors (Lipinski definition) is 3. The molecular weight excluding hydrogens is 280 g/mol. The van der Waals surface area contributed by atoms with E-state index in [-0.39, 0.29) is 13.2 Å². The molecule has 0 aromatic carbocycles. The lowest BCUT2D eigenvalue weighted by Gasteiger charge is -2.08. The molecule has 8 heteroatoms. The second-order valence-electron chi connectivity index (χ2n) is 3.95. The number of aliphatic hydroxyl groups is 1. The van der Waals surface area contributed by atoms with Crippen molar-refractivity contribution in [1.82, 2.24) is 10.3 Å². The molecule has 1 rings (SSSR count). The van der Waals surface area contributed by atoms with E-state index in [4.69, 9.17) is 24.4 Å². The van der Waals surface area contributed by atoms with Gasteiger partial charge in [0.2, 0.25) is 0 Å². The van der Waals surface area contributed by atoms with Crippen molar-refractivity contribution in [2.75, 3.05) is 39.6 Å². The summed E-state index contributed by atoms with van der Waals surface area (Å²) in [6.45, 7) is 2.10. The van der Waals surface area contributed by atoms with Gasteiger partial charge in [-0.05, 0) is 12.1 Å². The largest absolute Gasteiger partial charge is 0.490 e. The predicted molar refractivity (Wildman–Crippen MR) is 73.3 cm³/mol. The van der Waals surface area contributed by atoms with Gasteiger partial charge in [0.15, 0.2) is 0 Å². The number of pyridine rings is 1. The zero-order valence-corrected chi connectivity index (χ0v) is 11.7. The Morgan fingerprint density at radius 3 is 2.48 bits per heavy atom. The van der Waals surface area contributed by atoms with Crippen molar-refractivity contribution in [1.29, 1.82) is 0 Å². The molecule has 0 radical (unpaired) electrons. The molecule has 0 spiro atoms. The van der Waals surface area contributed by atoms with Crippen molar-refractivity contribution in [3.8, 4) is 5.75 Å². The summed E-state index contributed by atoms with van der Waals surface area (Å²) in [6, 6.07) is 3.42. The van der Waals surface area contributed by atoms with E-state index in [9.17, 15) is 4.79 Å². The van der Waals surface area contributed by atoms with Gasteiger partial charge in [-0.2, -0.15) is 0 Å². The minimum atomic E-state index is -1.06. The van der Waals surface area contributed by atoms with Gasteiger partial charge in [0.25, 0.3) is 0 Å². The van der Waals surface area contributed by atoms with Gasteiger partial charge < -0.3 is 29.7 Å². The average Bonchev–Trinajstić information content (AvgIpc) is 2.49. The van der Waals surface area contributed by atoms with Crippen LogP contribution >= 0.6 is 0 Å². The maximum absolute atomic E-state index is 10.1. The van der Waals surface area contributed by atoms with E-state index in [1.165, 1.54) is 0 Å². The molecule has 0 aliphatic rings. The molecule has 0 fully saturated rings. The van der Waals surface area contributed by atoms with E-state index >= 15 is 0 Å². The molecule has 21 heavy (non-hydrogen) atoms. The number of aromatic nitrogens is 1. The van der Waals surface area contributed by atoms with Crippen molar-refractivity contribution in [2.24, 2.45) is 0 Å². The van der Waals surface area contributed by atoms with Crippen LogP contribution in [0.5, 0.6) is 5.75 Å². The van der Waals surface area contributed by atoms with E-state index in [0.717, 1.165) is 0 Å². The Hall–Kier alpha value is -1.90. The summed E-state index contributed by atoms with van der Waals surface area (Å²) in [5, 5.41) is 19.3. The zero-order valence-electron chi connectivity index (χ0n) is 11.7. The third kappa shape index (κ3) is 8.79. The SMILES string of the molecule is O=C(O)NCCOCCOCCOc1ccc(CO)nc1.